The Labute approximate surface area is 108 Å². The number of rotatable bonds is 6. The first kappa shape index (κ1) is 14.5. The molecule has 4 heteroatoms. The van der Waals surface area contributed by atoms with Gasteiger partial charge in [0.1, 0.15) is 5.75 Å². The summed E-state index contributed by atoms with van der Waals surface area (Å²) in [6.07, 6.45) is 1.85. The van der Waals surface area contributed by atoms with Gasteiger partial charge in [-0.05, 0) is 25.5 Å². The summed E-state index contributed by atoms with van der Waals surface area (Å²) in [6, 6.07) is 4.96. The first-order chi connectivity index (χ1) is 8.60. The van der Waals surface area contributed by atoms with Crippen molar-refractivity contribution in [2.75, 3.05) is 13.7 Å². The summed E-state index contributed by atoms with van der Waals surface area (Å²) in [5, 5.41) is 12.5. The van der Waals surface area contributed by atoms with Crippen LogP contribution in [0.3, 0.4) is 0 Å². The lowest BCUT2D eigenvalue weighted by molar-refractivity contribution is 0.0890. The van der Waals surface area contributed by atoms with Gasteiger partial charge in [-0.15, -0.1) is 0 Å². The number of amides is 1. The number of phenolic OH excluding ortho intramolecular Hbond substituents is 1. The van der Waals surface area contributed by atoms with Crippen molar-refractivity contribution in [3.8, 4) is 5.75 Å². The molecule has 0 heterocycles. The minimum absolute atomic E-state index is 0.00856. The van der Waals surface area contributed by atoms with Crippen molar-refractivity contribution < 1.29 is 14.6 Å². The van der Waals surface area contributed by atoms with Crippen LogP contribution in [-0.4, -0.2) is 30.8 Å². The second kappa shape index (κ2) is 7.01. The lowest BCUT2D eigenvalue weighted by Crippen LogP contribution is -2.38. The molecule has 0 fully saturated rings. The Bertz CT molecular complexity index is 398. The average molecular weight is 251 g/mol. The number of hydrogen-bond acceptors (Lipinski definition) is 3. The third-order valence-electron chi connectivity index (χ3n) is 2.89. The molecule has 0 bridgehead atoms. The predicted octanol–water partition coefficient (Wildman–Crippen LogP) is 2.25. The van der Waals surface area contributed by atoms with Crippen LogP contribution in [0.5, 0.6) is 5.75 Å². The van der Waals surface area contributed by atoms with E-state index in [1.54, 1.807) is 32.2 Å². The molecular formula is C14H21NO3. The molecule has 100 valence electrons. The maximum Gasteiger partial charge on any atom is 0.251 e. The summed E-state index contributed by atoms with van der Waals surface area (Å²) < 4.78 is 5.08. The monoisotopic (exact) mass is 251 g/mol. The van der Waals surface area contributed by atoms with Gasteiger partial charge >= 0.3 is 0 Å². The van der Waals surface area contributed by atoms with Gasteiger partial charge in [0.05, 0.1) is 12.6 Å². The number of hydrogen-bond donors (Lipinski definition) is 2. The number of phenols is 1. The number of carbonyl (C=O) groups excluding carboxylic acids is 1. The van der Waals surface area contributed by atoms with Crippen LogP contribution < -0.4 is 5.32 Å². The van der Waals surface area contributed by atoms with Crippen LogP contribution >= 0.6 is 0 Å². The maximum atomic E-state index is 12.1. The van der Waals surface area contributed by atoms with Crippen LogP contribution in [0, 0.1) is 6.92 Å². The van der Waals surface area contributed by atoms with Gasteiger partial charge in [-0.2, -0.15) is 0 Å². The fourth-order valence-electron chi connectivity index (χ4n) is 1.88. The molecule has 0 spiro atoms. The zero-order chi connectivity index (χ0) is 13.5. The molecule has 1 amide bonds. The highest BCUT2D eigenvalue weighted by molar-refractivity contribution is 5.96. The minimum atomic E-state index is -0.168. The Hall–Kier alpha value is -1.55. The van der Waals surface area contributed by atoms with Crippen LogP contribution in [0.2, 0.25) is 0 Å². The molecule has 1 rings (SSSR count). The summed E-state index contributed by atoms with van der Waals surface area (Å²) in [6.45, 7) is 4.29. The van der Waals surface area contributed by atoms with E-state index in [4.69, 9.17) is 4.74 Å². The first-order valence-electron chi connectivity index (χ1n) is 6.18. The normalized spacial score (nSPS) is 12.2. The zero-order valence-electron chi connectivity index (χ0n) is 11.2. The molecular weight excluding hydrogens is 230 g/mol. The van der Waals surface area contributed by atoms with Crippen molar-refractivity contribution in [2.45, 2.75) is 32.7 Å². The predicted molar refractivity (Wildman–Crippen MR) is 70.9 cm³/mol. The van der Waals surface area contributed by atoms with E-state index in [9.17, 15) is 9.90 Å². The molecule has 1 atom stereocenters. The van der Waals surface area contributed by atoms with Crippen LogP contribution in [0.1, 0.15) is 35.7 Å². The Morgan fingerprint density at radius 1 is 1.50 bits per heavy atom. The highest BCUT2D eigenvalue weighted by Gasteiger charge is 2.15. The Morgan fingerprint density at radius 3 is 2.83 bits per heavy atom. The molecule has 18 heavy (non-hydrogen) atoms. The van der Waals surface area contributed by atoms with E-state index in [-0.39, 0.29) is 17.7 Å². The third kappa shape index (κ3) is 3.74. The number of aromatic hydroxyl groups is 1. The second-order valence-electron chi connectivity index (χ2n) is 4.36. The van der Waals surface area contributed by atoms with Crippen LogP contribution in [0.4, 0.5) is 0 Å². The molecule has 0 aliphatic rings. The average Bonchev–Trinajstić information content (AvgIpc) is 2.33. The molecule has 4 nitrogen and oxygen atoms in total. The molecule has 1 unspecified atom stereocenters. The first-order valence-corrected chi connectivity index (χ1v) is 6.18. The van der Waals surface area contributed by atoms with Crippen LogP contribution in [0.25, 0.3) is 0 Å². The second-order valence-corrected chi connectivity index (χ2v) is 4.36. The molecule has 0 saturated heterocycles. The van der Waals surface area contributed by atoms with Gasteiger partial charge in [-0.25, -0.2) is 0 Å². The van der Waals surface area contributed by atoms with Crippen molar-refractivity contribution >= 4 is 5.91 Å². The lowest BCUT2D eigenvalue weighted by Gasteiger charge is -2.18. The highest BCUT2D eigenvalue weighted by Crippen LogP contribution is 2.19. The van der Waals surface area contributed by atoms with Gasteiger partial charge in [-0.3, -0.25) is 4.79 Å². The number of methoxy groups -OCH3 is 1. The van der Waals surface area contributed by atoms with E-state index in [1.807, 2.05) is 0 Å². The minimum Gasteiger partial charge on any atom is -0.508 e. The third-order valence-corrected chi connectivity index (χ3v) is 2.89. The standard InChI is InChI=1S/C14H21NO3/c1-4-6-11(9-18-3)15-14(17)12-7-5-8-13(16)10(12)2/h5,7-8,11,16H,4,6,9H2,1-3H3,(H,15,17). The van der Waals surface area contributed by atoms with Crippen LogP contribution in [0.15, 0.2) is 18.2 Å². The maximum absolute atomic E-state index is 12.1. The largest absolute Gasteiger partial charge is 0.508 e. The van der Waals surface area contributed by atoms with E-state index in [0.29, 0.717) is 17.7 Å². The van der Waals surface area contributed by atoms with Gasteiger partial charge < -0.3 is 15.2 Å². The quantitative estimate of drug-likeness (QED) is 0.815. The highest BCUT2D eigenvalue weighted by atomic mass is 16.5. The van der Waals surface area contributed by atoms with Gasteiger partial charge in [-0.1, -0.05) is 19.4 Å². The summed E-state index contributed by atoms with van der Waals surface area (Å²) >= 11 is 0. The van der Waals surface area contributed by atoms with Crippen molar-refractivity contribution in [1.82, 2.24) is 5.32 Å². The molecule has 0 aliphatic heterocycles. The Morgan fingerprint density at radius 2 is 2.22 bits per heavy atom. The van der Waals surface area contributed by atoms with E-state index in [0.717, 1.165) is 12.8 Å². The van der Waals surface area contributed by atoms with E-state index < -0.39 is 0 Å². The summed E-state index contributed by atoms with van der Waals surface area (Å²) in [5.41, 5.74) is 1.11. The Balaban J connectivity index is 2.77. The lowest BCUT2D eigenvalue weighted by atomic mass is 10.1. The SMILES string of the molecule is CCCC(COC)NC(=O)c1cccc(O)c1C. The van der Waals surface area contributed by atoms with E-state index >= 15 is 0 Å². The summed E-state index contributed by atoms with van der Waals surface area (Å²) in [4.78, 5) is 12.1. The van der Waals surface area contributed by atoms with Crippen molar-refractivity contribution in [3.05, 3.63) is 29.3 Å². The summed E-state index contributed by atoms with van der Waals surface area (Å²) in [7, 11) is 1.62. The molecule has 1 aromatic carbocycles. The molecule has 2 N–H and O–H groups in total. The van der Waals surface area contributed by atoms with E-state index in [2.05, 4.69) is 12.2 Å². The smallest absolute Gasteiger partial charge is 0.251 e. The van der Waals surface area contributed by atoms with Gasteiger partial charge in [0, 0.05) is 18.2 Å². The number of carbonyl (C=O) groups is 1. The van der Waals surface area contributed by atoms with Gasteiger partial charge in [0.2, 0.25) is 0 Å². The topological polar surface area (TPSA) is 58.6 Å². The van der Waals surface area contributed by atoms with Gasteiger partial charge in [0.15, 0.2) is 0 Å². The van der Waals surface area contributed by atoms with Crippen LogP contribution in [-0.2, 0) is 4.74 Å². The zero-order valence-corrected chi connectivity index (χ0v) is 11.2. The Kier molecular flexibility index (Phi) is 5.65. The van der Waals surface area contributed by atoms with Crippen molar-refractivity contribution in [3.63, 3.8) is 0 Å². The molecule has 0 radical (unpaired) electrons. The summed E-state index contributed by atoms with van der Waals surface area (Å²) in [5.74, 6) is -0.0275. The number of ether oxygens (including phenoxy) is 1. The van der Waals surface area contributed by atoms with E-state index in [1.165, 1.54) is 0 Å². The molecule has 0 aromatic heterocycles. The number of nitrogens with one attached hydrogen (secondary N) is 1. The van der Waals surface area contributed by atoms with Gasteiger partial charge in [0.25, 0.3) is 5.91 Å². The molecule has 0 aliphatic carbocycles. The van der Waals surface area contributed by atoms with Crippen molar-refractivity contribution in [2.24, 2.45) is 0 Å². The fraction of sp³-hybridized carbons (Fsp3) is 0.500. The number of benzene rings is 1. The molecule has 0 saturated carbocycles. The van der Waals surface area contributed by atoms with Crippen molar-refractivity contribution in [1.29, 1.82) is 0 Å². The molecule has 1 aromatic rings. The fourth-order valence-corrected chi connectivity index (χ4v) is 1.88.